The number of aliphatic hydroxyl groups excluding tert-OH is 1. The number of H-pyrrole nitrogens is 1. The van der Waals surface area contributed by atoms with Gasteiger partial charge in [0.05, 0.1) is 18.5 Å². The summed E-state index contributed by atoms with van der Waals surface area (Å²) in [6.07, 6.45) is 0.294. The Balaban J connectivity index is 2.36. The van der Waals surface area contributed by atoms with Gasteiger partial charge in [-0.05, 0) is 31.5 Å². The molecule has 0 unspecified atom stereocenters. The number of benzene rings is 1. The second-order valence-electron chi connectivity index (χ2n) is 4.78. The van der Waals surface area contributed by atoms with Crippen LogP contribution in [-0.2, 0) is 6.42 Å². The first-order chi connectivity index (χ1) is 10.0. The number of hydrogen-bond acceptors (Lipinski definition) is 5. The number of aliphatic hydroxyl groups is 1. The van der Waals surface area contributed by atoms with Crippen LogP contribution < -0.4 is 15.6 Å². The van der Waals surface area contributed by atoms with Gasteiger partial charge in [0.2, 0.25) is 5.95 Å². The molecule has 112 valence electrons. The zero-order chi connectivity index (χ0) is 15.4. The van der Waals surface area contributed by atoms with Crippen LogP contribution in [0.1, 0.15) is 16.8 Å². The van der Waals surface area contributed by atoms with Crippen molar-refractivity contribution in [3.63, 3.8) is 0 Å². The van der Waals surface area contributed by atoms with Crippen molar-refractivity contribution in [3.8, 4) is 5.75 Å². The van der Waals surface area contributed by atoms with E-state index in [1.54, 1.807) is 14.0 Å². The van der Waals surface area contributed by atoms with Crippen LogP contribution in [0.15, 0.2) is 23.0 Å². The number of nitrogens with zero attached hydrogens (tertiary/aromatic N) is 1. The largest absolute Gasteiger partial charge is 0.495 e. The molecule has 1 aromatic carbocycles. The molecule has 21 heavy (non-hydrogen) atoms. The second-order valence-corrected chi connectivity index (χ2v) is 4.78. The van der Waals surface area contributed by atoms with Crippen molar-refractivity contribution >= 4 is 11.6 Å². The van der Waals surface area contributed by atoms with Crippen LogP contribution in [0.25, 0.3) is 0 Å². The van der Waals surface area contributed by atoms with Crippen LogP contribution >= 0.6 is 0 Å². The van der Waals surface area contributed by atoms with Crippen molar-refractivity contribution < 1.29 is 9.84 Å². The number of aromatic amines is 1. The lowest BCUT2D eigenvalue weighted by Gasteiger charge is -2.12. The predicted octanol–water partition coefficient (Wildman–Crippen LogP) is 1.67. The lowest BCUT2D eigenvalue weighted by atomic mass is 10.2. The molecule has 0 amide bonds. The fraction of sp³-hybridized carbons (Fsp3) is 0.333. The number of ether oxygens (including phenoxy) is 1. The fourth-order valence-corrected chi connectivity index (χ4v) is 2.12. The molecule has 6 heteroatoms. The Hall–Kier alpha value is -2.34. The molecule has 6 nitrogen and oxygen atoms in total. The molecule has 0 bridgehead atoms. The molecule has 0 spiro atoms. The summed E-state index contributed by atoms with van der Waals surface area (Å²) in [5, 5.41) is 12.0. The Morgan fingerprint density at radius 2 is 2.14 bits per heavy atom. The highest BCUT2D eigenvalue weighted by Crippen LogP contribution is 2.27. The standard InChI is InChI=1S/C15H19N3O3/c1-9-4-5-13(21-3)12(8-9)17-15-16-10(2)11(6-7-19)14(20)18-15/h4-5,8,19H,6-7H2,1-3H3,(H2,16,17,18,20). The van der Waals surface area contributed by atoms with E-state index >= 15 is 0 Å². The Bertz CT molecular complexity index is 695. The molecule has 0 aliphatic heterocycles. The van der Waals surface area contributed by atoms with Gasteiger partial charge in [-0.25, -0.2) is 4.98 Å². The van der Waals surface area contributed by atoms with Gasteiger partial charge in [0.15, 0.2) is 0 Å². The van der Waals surface area contributed by atoms with Crippen LogP contribution in [0.3, 0.4) is 0 Å². The molecule has 2 rings (SSSR count). The maximum Gasteiger partial charge on any atom is 0.255 e. The lowest BCUT2D eigenvalue weighted by Crippen LogP contribution is -2.19. The predicted molar refractivity (Wildman–Crippen MR) is 81.4 cm³/mol. The third-order valence-electron chi connectivity index (χ3n) is 3.19. The topological polar surface area (TPSA) is 87.2 Å². The average molecular weight is 289 g/mol. The summed E-state index contributed by atoms with van der Waals surface area (Å²) in [4.78, 5) is 19.0. The maximum atomic E-state index is 12.0. The molecule has 2 aromatic rings. The van der Waals surface area contributed by atoms with Crippen molar-refractivity contribution in [3.05, 3.63) is 45.4 Å². The number of methoxy groups -OCH3 is 1. The molecule has 0 aliphatic carbocycles. The van der Waals surface area contributed by atoms with Crippen molar-refractivity contribution in [1.82, 2.24) is 9.97 Å². The number of aromatic nitrogens is 2. The highest BCUT2D eigenvalue weighted by Gasteiger charge is 2.09. The molecule has 1 aromatic heterocycles. The third-order valence-corrected chi connectivity index (χ3v) is 3.19. The van der Waals surface area contributed by atoms with Gasteiger partial charge in [0.1, 0.15) is 5.75 Å². The van der Waals surface area contributed by atoms with E-state index in [1.165, 1.54) is 0 Å². The normalized spacial score (nSPS) is 10.5. The first kappa shape index (κ1) is 15.1. The third kappa shape index (κ3) is 3.41. The van der Waals surface area contributed by atoms with E-state index in [-0.39, 0.29) is 12.2 Å². The molecule has 0 saturated heterocycles. The van der Waals surface area contributed by atoms with Gasteiger partial charge in [0, 0.05) is 18.6 Å². The summed E-state index contributed by atoms with van der Waals surface area (Å²) in [5.41, 5.74) is 2.65. The smallest absolute Gasteiger partial charge is 0.255 e. The maximum absolute atomic E-state index is 12.0. The van der Waals surface area contributed by atoms with Crippen molar-refractivity contribution in [1.29, 1.82) is 0 Å². The first-order valence-electron chi connectivity index (χ1n) is 6.67. The summed E-state index contributed by atoms with van der Waals surface area (Å²) in [5.74, 6) is 1.02. The SMILES string of the molecule is COc1ccc(C)cc1Nc1nc(C)c(CCO)c(=O)[nH]1. The van der Waals surface area contributed by atoms with E-state index in [0.717, 1.165) is 11.3 Å². The first-order valence-corrected chi connectivity index (χ1v) is 6.67. The average Bonchev–Trinajstić information content (AvgIpc) is 2.43. The molecule has 0 atom stereocenters. The van der Waals surface area contributed by atoms with Crippen LogP contribution in [-0.4, -0.2) is 28.8 Å². The van der Waals surface area contributed by atoms with Crippen LogP contribution in [0, 0.1) is 13.8 Å². The molecule has 0 radical (unpaired) electrons. The minimum Gasteiger partial charge on any atom is -0.495 e. The Morgan fingerprint density at radius 1 is 1.38 bits per heavy atom. The van der Waals surface area contributed by atoms with E-state index in [4.69, 9.17) is 9.84 Å². The van der Waals surface area contributed by atoms with Gasteiger partial charge >= 0.3 is 0 Å². The van der Waals surface area contributed by atoms with Gasteiger partial charge in [-0.3, -0.25) is 9.78 Å². The number of hydrogen-bond donors (Lipinski definition) is 3. The molecule has 1 heterocycles. The lowest BCUT2D eigenvalue weighted by molar-refractivity contribution is 0.298. The zero-order valence-electron chi connectivity index (χ0n) is 12.4. The van der Waals surface area contributed by atoms with E-state index in [1.807, 2.05) is 25.1 Å². The van der Waals surface area contributed by atoms with E-state index in [0.29, 0.717) is 29.4 Å². The molecule has 3 N–H and O–H groups in total. The zero-order valence-corrected chi connectivity index (χ0v) is 12.4. The number of aryl methyl sites for hydroxylation is 2. The molecule has 0 aliphatic rings. The number of rotatable bonds is 5. The van der Waals surface area contributed by atoms with Crippen LogP contribution in [0.4, 0.5) is 11.6 Å². The van der Waals surface area contributed by atoms with E-state index in [2.05, 4.69) is 15.3 Å². The highest BCUT2D eigenvalue weighted by molar-refractivity contribution is 5.63. The number of anilines is 2. The van der Waals surface area contributed by atoms with Crippen LogP contribution in [0.5, 0.6) is 5.75 Å². The molecule has 0 fully saturated rings. The van der Waals surface area contributed by atoms with Crippen LogP contribution in [0.2, 0.25) is 0 Å². The van der Waals surface area contributed by atoms with E-state index < -0.39 is 0 Å². The Morgan fingerprint density at radius 3 is 2.76 bits per heavy atom. The van der Waals surface area contributed by atoms with Crippen molar-refractivity contribution in [2.24, 2.45) is 0 Å². The summed E-state index contributed by atoms with van der Waals surface area (Å²) < 4.78 is 5.28. The van der Waals surface area contributed by atoms with Gasteiger partial charge in [-0.2, -0.15) is 0 Å². The minimum absolute atomic E-state index is 0.0793. The van der Waals surface area contributed by atoms with Gasteiger partial charge < -0.3 is 15.2 Å². The minimum atomic E-state index is -0.245. The summed E-state index contributed by atoms with van der Waals surface area (Å²) in [6.45, 7) is 3.64. The molecular formula is C15H19N3O3. The van der Waals surface area contributed by atoms with Crippen molar-refractivity contribution in [2.75, 3.05) is 19.0 Å². The highest BCUT2D eigenvalue weighted by atomic mass is 16.5. The van der Waals surface area contributed by atoms with Crippen molar-refractivity contribution in [2.45, 2.75) is 20.3 Å². The second kappa shape index (κ2) is 6.41. The van der Waals surface area contributed by atoms with Gasteiger partial charge in [-0.15, -0.1) is 0 Å². The van der Waals surface area contributed by atoms with E-state index in [9.17, 15) is 4.79 Å². The fourth-order valence-electron chi connectivity index (χ4n) is 2.12. The summed E-state index contributed by atoms with van der Waals surface area (Å²) >= 11 is 0. The summed E-state index contributed by atoms with van der Waals surface area (Å²) in [6, 6.07) is 5.70. The number of nitrogens with one attached hydrogen (secondary N) is 2. The summed E-state index contributed by atoms with van der Waals surface area (Å²) in [7, 11) is 1.58. The van der Waals surface area contributed by atoms with Gasteiger partial charge in [-0.1, -0.05) is 6.07 Å². The molecular weight excluding hydrogens is 270 g/mol. The monoisotopic (exact) mass is 289 g/mol. The Kier molecular flexibility index (Phi) is 4.59. The van der Waals surface area contributed by atoms with Gasteiger partial charge in [0.25, 0.3) is 5.56 Å². The molecule has 0 saturated carbocycles. The Labute approximate surface area is 122 Å². The quantitative estimate of drug-likeness (QED) is 0.779.